The van der Waals surface area contributed by atoms with Crippen LogP contribution < -0.4 is 15.4 Å². The first-order valence-corrected chi connectivity index (χ1v) is 9.77. The van der Waals surface area contributed by atoms with Crippen LogP contribution in [0.15, 0.2) is 58.6 Å². The van der Waals surface area contributed by atoms with Crippen molar-refractivity contribution in [2.75, 3.05) is 12.4 Å². The van der Waals surface area contributed by atoms with Crippen LogP contribution in [-0.2, 0) is 11.8 Å². The fourth-order valence-corrected chi connectivity index (χ4v) is 3.48. The molecule has 152 valence electrons. The number of nitrogens with one attached hydrogen (secondary N) is 2. The van der Waals surface area contributed by atoms with Crippen molar-refractivity contribution < 1.29 is 9.53 Å². The third kappa shape index (κ3) is 3.38. The van der Waals surface area contributed by atoms with Crippen LogP contribution in [0.3, 0.4) is 0 Å². The number of carbonyl (C=O) groups excluding carboxylic acids is 1. The van der Waals surface area contributed by atoms with Crippen molar-refractivity contribution in [1.82, 2.24) is 20.1 Å². The minimum atomic E-state index is -0.223. The fraction of sp³-hybridized carbons (Fsp3) is 0.286. The largest absolute Gasteiger partial charge is 0.494 e. The number of aryl methyl sites for hydroxylation is 1. The summed E-state index contributed by atoms with van der Waals surface area (Å²) in [5, 5.41) is 10.7. The molecule has 2 aliphatic heterocycles. The molecule has 3 aliphatic rings. The van der Waals surface area contributed by atoms with E-state index in [1.165, 1.54) is 0 Å². The van der Waals surface area contributed by atoms with Crippen LogP contribution in [0.4, 0.5) is 5.69 Å². The van der Waals surface area contributed by atoms with Gasteiger partial charge in [0.05, 0.1) is 29.8 Å². The van der Waals surface area contributed by atoms with Gasteiger partial charge in [-0.3, -0.25) is 19.5 Å². The van der Waals surface area contributed by atoms with Crippen LogP contribution in [0.2, 0.25) is 0 Å². The summed E-state index contributed by atoms with van der Waals surface area (Å²) in [6.07, 6.45) is 8.97. The Morgan fingerprint density at radius 3 is 2.90 bits per heavy atom. The molecule has 1 aromatic carbocycles. The van der Waals surface area contributed by atoms with E-state index < -0.39 is 0 Å². The molecular formula is C21H21N7O2. The summed E-state index contributed by atoms with van der Waals surface area (Å²) in [7, 11) is 3.43. The second-order valence-corrected chi connectivity index (χ2v) is 7.39. The lowest BCUT2D eigenvalue weighted by molar-refractivity contribution is -0.120. The number of fused-ring (bicyclic) bond motifs is 1. The van der Waals surface area contributed by atoms with E-state index in [-0.39, 0.29) is 17.9 Å². The van der Waals surface area contributed by atoms with Gasteiger partial charge in [0, 0.05) is 25.2 Å². The van der Waals surface area contributed by atoms with Gasteiger partial charge < -0.3 is 15.4 Å². The summed E-state index contributed by atoms with van der Waals surface area (Å²) >= 11 is 0. The molecule has 1 amide bonds. The van der Waals surface area contributed by atoms with Gasteiger partial charge in [-0.1, -0.05) is 6.07 Å². The normalized spacial score (nSPS) is 19.5. The van der Waals surface area contributed by atoms with E-state index in [1.54, 1.807) is 24.3 Å². The van der Waals surface area contributed by atoms with E-state index in [2.05, 4.69) is 30.7 Å². The van der Waals surface area contributed by atoms with Crippen molar-refractivity contribution in [3.63, 3.8) is 0 Å². The molecule has 30 heavy (non-hydrogen) atoms. The molecule has 2 N–H and O–H groups in total. The fourth-order valence-electron chi connectivity index (χ4n) is 3.48. The SMILES string of the molecule is COc1c(NC2=CC(NC(=O)C3CC3)=NC3C=CN=C23)cccc1-c1ncn(C)n1. The van der Waals surface area contributed by atoms with E-state index in [9.17, 15) is 4.79 Å². The van der Waals surface area contributed by atoms with Crippen molar-refractivity contribution in [2.24, 2.45) is 23.0 Å². The van der Waals surface area contributed by atoms with E-state index in [1.807, 2.05) is 37.4 Å². The molecule has 5 rings (SSSR count). The Bertz CT molecular complexity index is 1140. The maximum Gasteiger partial charge on any atom is 0.228 e. The van der Waals surface area contributed by atoms with E-state index >= 15 is 0 Å². The number of dihydropyridines is 1. The molecule has 1 aliphatic carbocycles. The average molecular weight is 403 g/mol. The van der Waals surface area contributed by atoms with Crippen LogP contribution in [0.25, 0.3) is 11.4 Å². The van der Waals surface area contributed by atoms with Crippen LogP contribution in [-0.4, -0.2) is 45.4 Å². The number of rotatable bonds is 5. The highest BCUT2D eigenvalue weighted by molar-refractivity contribution is 6.19. The third-order valence-corrected chi connectivity index (χ3v) is 5.13. The van der Waals surface area contributed by atoms with Gasteiger partial charge >= 0.3 is 0 Å². The second kappa shape index (κ2) is 7.25. The van der Waals surface area contributed by atoms with Crippen LogP contribution in [0.1, 0.15) is 12.8 Å². The Morgan fingerprint density at radius 2 is 2.17 bits per heavy atom. The molecule has 3 heterocycles. The van der Waals surface area contributed by atoms with Crippen LogP contribution in [0.5, 0.6) is 5.75 Å². The highest BCUT2D eigenvalue weighted by atomic mass is 16.5. The van der Waals surface area contributed by atoms with E-state index in [4.69, 9.17) is 4.74 Å². The van der Waals surface area contributed by atoms with E-state index in [0.29, 0.717) is 17.4 Å². The van der Waals surface area contributed by atoms with Gasteiger partial charge in [0.15, 0.2) is 11.6 Å². The summed E-state index contributed by atoms with van der Waals surface area (Å²) in [6.45, 7) is 0. The predicted molar refractivity (Wildman–Crippen MR) is 113 cm³/mol. The Labute approximate surface area is 173 Å². The molecule has 2 aromatic rings. The van der Waals surface area contributed by atoms with Crippen molar-refractivity contribution in [3.05, 3.63) is 48.6 Å². The molecule has 9 nitrogen and oxygen atoms in total. The lowest BCUT2D eigenvalue weighted by Gasteiger charge is -2.22. The van der Waals surface area contributed by atoms with Crippen molar-refractivity contribution >= 4 is 23.1 Å². The third-order valence-electron chi connectivity index (χ3n) is 5.13. The summed E-state index contributed by atoms with van der Waals surface area (Å²) in [5.74, 6) is 1.86. The summed E-state index contributed by atoms with van der Waals surface area (Å²) in [5.41, 5.74) is 3.08. The van der Waals surface area contributed by atoms with Gasteiger partial charge in [-0.15, -0.1) is 0 Å². The van der Waals surface area contributed by atoms with Crippen molar-refractivity contribution in [2.45, 2.75) is 18.9 Å². The lowest BCUT2D eigenvalue weighted by Crippen LogP contribution is -2.36. The summed E-state index contributed by atoms with van der Waals surface area (Å²) < 4.78 is 7.34. The zero-order valence-corrected chi connectivity index (χ0v) is 16.7. The van der Waals surface area contributed by atoms with Gasteiger partial charge in [0.25, 0.3) is 0 Å². The molecule has 1 aromatic heterocycles. The number of carbonyl (C=O) groups is 1. The number of hydrogen-bond donors (Lipinski definition) is 2. The number of anilines is 1. The average Bonchev–Trinajstić information content (AvgIpc) is 3.34. The highest BCUT2D eigenvalue weighted by Crippen LogP contribution is 2.36. The molecule has 0 spiro atoms. The number of aromatic nitrogens is 3. The van der Waals surface area contributed by atoms with E-state index in [0.717, 1.165) is 35.5 Å². The number of methoxy groups -OCH3 is 1. The first-order valence-electron chi connectivity index (χ1n) is 9.77. The molecule has 9 heteroatoms. The quantitative estimate of drug-likeness (QED) is 0.795. The lowest BCUT2D eigenvalue weighted by atomic mass is 10.1. The number of ether oxygens (including phenoxy) is 1. The molecular weight excluding hydrogens is 382 g/mol. The van der Waals surface area contributed by atoms with Gasteiger partial charge in [-0.2, -0.15) is 5.10 Å². The standard InChI is InChI=1S/C21H21N7O2/c1-28-11-23-20(27-28)13-4-3-5-15(19(13)30-2)24-16-10-17(26-21(29)12-6-7-12)25-14-8-9-22-18(14)16/h3-5,8-12,14,24H,6-7H2,1-2H3,(H,25,26,29). The molecule has 1 atom stereocenters. The number of amides is 1. The zero-order valence-electron chi connectivity index (χ0n) is 16.7. The number of benzene rings is 1. The minimum Gasteiger partial charge on any atom is -0.494 e. The van der Waals surface area contributed by atoms with Crippen LogP contribution >= 0.6 is 0 Å². The molecule has 1 unspecified atom stereocenters. The maximum absolute atomic E-state index is 12.2. The maximum atomic E-state index is 12.2. The molecule has 1 saturated carbocycles. The molecule has 0 bridgehead atoms. The predicted octanol–water partition coefficient (Wildman–Crippen LogP) is 2.06. The Hall–Kier alpha value is -3.75. The number of amidine groups is 1. The van der Waals surface area contributed by atoms with Gasteiger partial charge in [-0.25, -0.2) is 4.98 Å². The number of nitrogens with zero attached hydrogens (tertiary/aromatic N) is 5. The monoisotopic (exact) mass is 403 g/mol. The summed E-state index contributed by atoms with van der Waals surface area (Å²) in [4.78, 5) is 25.6. The Kier molecular flexibility index (Phi) is 4.42. The highest BCUT2D eigenvalue weighted by Gasteiger charge is 2.32. The minimum absolute atomic E-state index is 0.0209. The zero-order chi connectivity index (χ0) is 20.7. The molecule has 0 radical (unpaired) electrons. The summed E-state index contributed by atoms with van der Waals surface area (Å²) in [6, 6.07) is 5.52. The topological polar surface area (TPSA) is 106 Å². The van der Waals surface area contributed by atoms with Crippen molar-refractivity contribution in [3.8, 4) is 17.1 Å². The number of aliphatic imine (C=N–C) groups is 2. The van der Waals surface area contributed by atoms with Gasteiger partial charge in [0.2, 0.25) is 5.91 Å². The van der Waals surface area contributed by atoms with Crippen molar-refractivity contribution in [1.29, 1.82) is 0 Å². The molecule has 1 fully saturated rings. The van der Waals surface area contributed by atoms with Gasteiger partial charge in [-0.05, 0) is 31.1 Å². The first-order chi connectivity index (χ1) is 14.6. The Morgan fingerprint density at radius 1 is 1.30 bits per heavy atom. The second-order valence-electron chi connectivity index (χ2n) is 7.39. The number of hydrogen-bond acceptors (Lipinski definition) is 7. The van der Waals surface area contributed by atoms with Gasteiger partial charge in [0.1, 0.15) is 18.2 Å². The molecule has 0 saturated heterocycles. The number of para-hydroxylation sites is 1. The van der Waals surface area contributed by atoms with Crippen LogP contribution in [0, 0.1) is 5.92 Å². The smallest absolute Gasteiger partial charge is 0.228 e. The Balaban J connectivity index is 1.47. The first kappa shape index (κ1) is 18.3.